The van der Waals surface area contributed by atoms with E-state index in [1.165, 1.54) is 38.5 Å². The van der Waals surface area contributed by atoms with Gasteiger partial charge in [0, 0.05) is 30.8 Å². The van der Waals surface area contributed by atoms with Gasteiger partial charge >= 0.3 is 0 Å². The molecule has 0 aromatic heterocycles. The standard InChI is InChI=1S/C23H24BrN3O6/c1-32-17-7-6-8-18(33-2)19(17)20(24)21(23(29)26-13-4-3-5-14-26)25-22(28)15-9-11-16(12-10-15)27(30)31/h6-12H,3-5,13-14H2,1-2H3,(H,25,28)/b21-20+. The molecule has 1 aliphatic rings. The monoisotopic (exact) mass is 517 g/mol. The normalized spacial score (nSPS) is 14.2. The zero-order valence-electron chi connectivity index (χ0n) is 18.3. The van der Waals surface area contributed by atoms with Crippen molar-refractivity contribution in [1.82, 2.24) is 10.2 Å². The summed E-state index contributed by atoms with van der Waals surface area (Å²) in [7, 11) is 3.00. The van der Waals surface area contributed by atoms with E-state index >= 15 is 0 Å². The molecule has 9 nitrogen and oxygen atoms in total. The first kappa shape index (κ1) is 24.2. The number of hydrogen-bond acceptors (Lipinski definition) is 6. The molecule has 0 bridgehead atoms. The number of nitro groups is 1. The Morgan fingerprint density at radius 1 is 1.00 bits per heavy atom. The van der Waals surface area contributed by atoms with Gasteiger partial charge in [0.15, 0.2) is 0 Å². The average Bonchev–Trinajstić information content (AvgIpc) is 2.86. The number of halogens is 1. The Labute approximate surface area is 199 Å². The molecule has 174 valence electrons. The van der Waals surface area contributed by atoms with Crippen molar-refractivity contribution in [2.24, 2.45) is 0 Å². The Bertz CT molecular complexity index is 1060. The van der Waals surface area contributed by atoms with Gasteiger partial charge in [0.2, 0.25) is 0 Å². The van der Waals surface area contributed by atoms with Gasteiger partial charge in [-0.1, -0.05) is 6.07 Å². The van der Waals surface area contributed by atoms with Crippen molar-refractivity contribution in [2.75, 3.05) is 27.3 Å². The van der Waals surface area contributed by atoms with Crippen LogP contribution in [-0.4, -0.2) is 48.9 Å². The predicted octanol–water partition coefficient (Wildman–Crippen LogP) is 4.12. The number of rotatable bonds is 7. The maximum Gasteiger partial charge on any atom is 0.271 e. The molecule has 0 aliphatic carbocycles. The number of benzene rings is 2. The third-order valence-corrected chi connectivity index (χ3v) is 6.10. The zero-order chi connectivity index (χ0) is 24.0. The number of ether oxygens (including phenoxy) is 2. The molecule has 0 atom stereocenters. The number of carbonyl (C=O) groups excluding carboxylic acids is 2. The number of likely N-dealkylation sites (tertiary alicyclic amines) is 1. The molecule has 2 aromatic rings. The van der Waals surface area contributed by atoms with E-state index in [0.717, 1.165) is 19.3 Å². The molecule has 0 radical (unpaired) electrons. The van der Waals surface area contributed by atoms with Gasteiger partial charge in [0.05, 0.1) is 29.2 Å². The van der Waals surface area contributed by atoms with Crippen molar-refractivity contribution < 1.29 is 24.0 Å². The van der Waals surface area contributed by atoms with E-state index < -0.39 is 10.8 Å². The van der Waals surface area contributed by atoms with Crippen LogP contribution >= 0.6 is 15.9 Å². The van der Waals surface area contributed by atoms with E-state index in [1.54, 1.807) is 23.1 Å². The number of piperidine rings is 1. The number of nitro benzene ring substituents is 1. The maximum absolute atomic E-state index is 13.5. The Kier molecular flexibility index (Phi) is 8.05. The van der Waals surface area contributed by atoms with E-state index in [4.69, 9.17) is 9.47 Å². The number of hydrogen-bond donors (Lipinski definition) is 1. The Morgan fingerprint density at radius 3 is 2.09 bits per heavy atom. The van der Waals surface area contributed by atoms with Gasteiger partial charge in [-0.25, -0.2) is 0 Å². The molecular weight excluding hydrogens is 494 g/mol. The van der Waals surface area contributed by atoms with Crippen molar-refractivity contribution in [3.05, 3.63) is 69.4 Å². The van der Waals surface area contributed by atoms with E-state index in [9.17, 15) is 19.7 Å². The van der Waals surface area contributed by atoms with E-state index in [1.807, 2.05) is 0 Å². The van der Waals surface area contributed by atoms with Crippen molar-refractivity contribution >= 4 is 37.9 Å². The molecule has 1 saturated heterocycles. The summed E-state index contributed by atoms with van der Waals surface area (Å²) in [5.41, 5.74) is 0.554. The Balaban J connectivity index is 2.05. The summed E-state index contributed by atoms with van der Waals surface area (Å²) in [6.45, 7) is 1.16. The van der Waals surface area contributed by atoms with Gasteiger partial charge in [0.1, 0.15) is 17.2 Å². The highest BCUT2D eigenvalue weighted by Gasteiger charge is 2.28. The van der Waals surface area contributed by atoms with Crippen LogP contribution in [0.15, 0.2) is 48.2 Å². The van der Waals surface area contributed by atoms with Crippen LogP contribution in [-0.2, 0) is 4.79 Å². The van der Waals surface area contributed by atoms with Crippen LogP contribution in [0.5, 0.6) is 11.5 Å². The molecule has 1 N–H and O–H groups in total. The summed E-state index contributed by atoms with van der Waals surface area (Å²) in [6, 6.07) is 10.4. The molecule has 10 heteroatoms. The highest BCUT2D eigenvalue weighted by molar-refractivity contribution is 9.15. The first-order valence-corrected chi connectivity index (χ1v) is 11.1. The van der Waals surface area contributed by atoms with Crippen LogP contribution in [0.1, 0.15) is 35.2 Å². The largest absolute Gasteiger partial charge is 0.496 e. The van der Waals surface area contributed by atoms with Gasteiger partial charge in [-0.2, -0.15) is 0 Å². The highest BCUT2D eigenvalue weighted by Crippen LogP contribution is 2.39. The van der Waals surface area contributed by atoms with Gasteiger partial charge in [-0.15, -0.1) is 0 Å². The fourth-order valence-electron chi connectivity index (χ4n) is 3.57. The number of amides is 2. The highest BCUT2D eigenvalue weighted by atomic mass is 79.9. The number of carbonyl (C=O) groups is 2. The third kappa shape index (κ3) is 5.51. The molecule has 2 amide bonds. The van der Waals surface area contributed by atoms with Crippen LogP contribution in [0.2, 0.25) is 0 Å². The molecule has 0 saturated carbocycles. The lowest BCUT2D eigenvalue weighted by molar-refractivity contribution is -0.384. The molecule has 3 rings (SSSR count). The summed E-state index contributed by atoms with van der Waals surface area (Å²) in [5.74, 6) is -0.00891. The lowest BCUT2D eigenvalue weighted by Gasteiger charge is -2.28. The first-order chi connectivity index (χ1) is 15.9. The minimum absolute atomic E-state index is 0.0306. The van der Waals surface area contributed by atoms with Crippen LogP contribution in [0.3, 0.4) is 0 Å². The summed E-state index contributed by atoms with van der Waals surface area (Å²) < 4.78 is 11.2. The third-order valence-electron chi connectivity index (χ3n) is 5.30. The SMILES string of the molecule is COc1cccc(OC)c1/C(Br)=C(\NC(=O)c1ccc([N+](=O)[O-])cc1)C(=O)N1CCCCC1. The molecule has 2 aromatic carbocycles. The van der Waals surface area contributed by atoms with Gasteiger partial charge in [-0.3, -0.25) is 19.7 Å². The van der Waals surface area contributed by atoms with Crippen LogP contribution < -0.4 is 14.8 Å². The van der Waals surface area contributed by atoms with E-state index in [-0.39, 0.29) is 22.9 Å². The van der Waals surface area contributed by atoms with Crippen molar-refractivity contribution in [3.63, 3.8) is 0 Å². The molecule has 0 unspecified atom stereocenters. The van der Waals surface area contributed by atoms with Gasteiger partial charge < -0.3 is 19.7 Å². The summed E-state index contributed by atoms with van der Waals surface area (Å²) >= 11 is 3.50. The summed E-state index contributed by atoms with van der Waals surface area (Å²) in [6.07, 6.45) is 2.80. The second kappa shape index (κ2) is 11.0. The fraction of sp³-hybridized carbons (Fsp3) is 0.304. The fourth-order valence-corrected chi connectivity index (χ4v) is 4.23. The smallest absolute Gasteiger partial charge is 0.271 e. The van der Waals surface area contributed by atoms with E-state index in [0.29, 0.717) is 34.6 Å². The quantitative estimate of drug-likeness (QED) is 0.336. The second-order valence-corrected chi connectivity index (χ2v) is 8.13. The number of non-ortho nitro benzene ring substituents is 1. The van der Waals surface area contributed by atoms with Crippen molar-refractivity contribution in [3.8, 4) is 11.5 Å². The topological polar surface area (TPSA) is 111 Å². The molecule has 1 heterocycles. The number of nitrogens with zero attached hydrogens (tertiary/aromatic N) is 2. The van der Waals surface area contributed by atoms with Crippen LogP contribution in [0.25, 0.3) is 4.48 Å². The van der Waals surface area contributed by atoms with Crippen LogP contribution in [0.4, 0.5) is 5.69 Å². The second-order valence-electron chi connectivity index (χ2n) is 7.34. The van der Waals surface area contributed by atoms with E-state index in [2.05, 4.69) is 21.2 Å². The van der Waals surface area contributed by atoms with Gasteiger partial charge in [-0.05, 0) is 59.5 Å². The Hall–Kier alpha value is -3.40. The van der Waals surface area contributed by atoms with Crippen molar-refractivity contribution in [2.45, 2.75) is 19.3 Å². The summed E-state index contributed by atoms with van der Waals surface area (Å²) in [4.78, 5) is 38.5. The minimum Gasteiger partial charge on any atom is -0.496 e. The average molecular weight is 518 g/mol. The first-order valence-electron chi connectivity index (χ1n) is 10.3. The molecular formula is C23H24BrN3O6. The lowest BCUT2D eigenvalue weighted by atomic mass is 10.1. The number of nitrogens with one attached hydrogen (secondary N) is 1. The molecule has 0 spiro atoms. The minimum atomic E-state index is -0.573. The predicted molar refractivity (Wildman–Crippen MR) is 126 cm³/mol. The molecule has 1 aliphatic heterocycles. The Morgan fingerprint density at radius 2 is 1.58 bits per heavy atom. The molecule has 1 fully saturated rings. The summed E-state index contributed by atoms with van der Waals surface area (Å²) in [5, 5.41) is 13.6. The zero-order valence-corrected chi connectivity index (χ0v) is 19.9. The number of methoxy groups -OCH3 is 2. The van der Waals surface area contributed by atoms with Crippen LogP contribution in [0, 0.1) is 10.1 Å². The lowest BCUT2D eigenvalue weighted by Crippen LogP contribution is -2.41. The molecule has 33 heavy (non-hydrogen) atoms. The van der Waals surface area contributed by atoms with Gasteiger partial charge in [0.25, 0.3) is 17.5 Å². The maximum atomic E-state index is 13.5. The van der Waals surface area contributed by atoms with Crippen molar-refractivity contribution in [1.29, 1.82) is 0 Å².